The van der Waals surface area contributed by atoms with Crippen LogP contribution in [0.2, 0.25) is 0 Å². The summed E-state index contributed by atoms with van der Waals surface area (Å²) in [5.41, 5.74) is 3.50. The minimum Gasteiger partial charge on any atom is -0.249 e. The highest BCUT2D eigenvalue weighted by Crippen LogP contribution is 2.31. The van der Waals surface area contributed by atoms with E-state index in [1.165, 1.54) is 4.57 Å². The third-order valence-corrected chi connectivity index (χ3v) is 3.75. The van der Waals surface area contributed by atoms with Crippen LogP contribution >= 0.6 is 0 Å². The number of fused-ring (bicyclic) bond motifs is 7. The summed E-state index contributed by atoms with van der Waals surface area (Å²) in [6.45, 7) is -1.78. The number of hydrogen-bond donors (Lipinski definition) is 0. The van der Waals surface area contributed by atoms with Gasteiger partial charge in [0.05, 0.1) is 17.6 Å². The van der Waals surface area contributed by atoms with Crippen molar-refractivity contribution in [3.05, 3.63) is 42.5 Å². The van der Waals surface area contributed by atoms with Crippen molar-refractivity contribution >= 4 is 16.9 Å². The Bertz CT molecular complexity index is 1090. The normalized spacial score (nSPS) is 15.9. The molecule has 0 saturated heterocycles. The van der Waals surface area contributed by atoms with Crippen molar-refractivity contribution in [2.75, 3.05) is 0 Å². The van der Waals surface area contributed by atoms with Gasteiger partial charge in [-0.3, -0.25) is 0 Å². The van der Waals surface area contributed by atoms with Gasteiger partial charge in [0.15, 0.2) is 6.33 Å². The van der Waals surface area contributed by atoms with E-state index in [2.05, 4.69) is 15.0 Å². The van der Waals surface area contributed by atoms with Gasteiger partial charge in [-0.15, -0.1) is 0 Å². The Morgan fingerprint density at radius 3 is 3.30 bits per heavy atom. The van der Waals surface area contributed by atoms with Crippen LogP contribution in [0, 0.1) is 0 Å². The molecule has 0 radical (unpaired) electrons. The molecule has 0 fully saturated rings. The second-order valence-corrected chi connectivity index (χ2v) is 4.82. The Morgan fingerprint density at radius 2 is 2.35 bits per heavy atom. The fourth-order valence-electron chi connectivity index (χ4n) is 2.91. The molecule has 6 nitrogen and oxygen atoms in total. The fraction of sp³-hybridized carbons (Fsp3) is 0.143. The summed E-state index contributed by atoms with van der Waals surface area (Å²) >= 11 is 0. The molecule has 4 aromatic heterocycles. The van der Waals surface area contributed by atoms with Crippen LogP contribution in [-0.4, -0.2) is 23.9 Å². The first-order valence-corrected chi connectivity index (χ1v) is 6.27. The lowest BCUT2D eigenvalue weighted by Gasteiger charge is -1.95. The molecule has 6 heteroatoms. The van der Waals surface area contributed by atoms with E-state index in [1.54, 1.807) is 29.2 Å². The molecule has 0 atom stereocenters. The van der Waals surface area contributed by atoms with Crippen molar-refractivity contribution in [3.63, 3.8) is 0 Å². The molecule has 1 aliphatic rings. The predicted molar refractivity (Wildman–Crippen MR) is 72.0 cm³/mol. The van der Waals surface area contributed by atoms with Crippen molar-refractivity contribution in [1.29, 1.82) is 0 Å². The highest BCUT2D eigenvalue weighted by atomic mass is 15.3. The summed E-state index contributed by atoms with van der Waals surface area (Å²) in [4.78, 5) is 13.1. The third-order valence-electron chi connectivity index (χ3n) is 3.75. The van der Waals surface area contributed by atoms with Gasteiger partial charge in [-0.25, -0.2) is 19.1 Å². The molecule has 0 N–H and O–H groups in total. The van der Waals surface area contributed by atoms with Crippen molar-refractivity contribution in [1.82, 2.24) is 23.9 Å². The Kier molecular flexibility index (Phi) is 1.24. The molecular formula is C14H11N6+. The molecule has 96 valence electrons. The summed E-state index contributed by atoms with van der Waals surface area (Å²) in [7, 11) is 0. The largest absolute Gasteiger partial charge is 0.296 e. The van der Waals surface area contributed by atoms with Crippen LogP contribution in [0.3, 0.4) is 0 Å². The number of hydrogen-bond acceptors (Lipinski definition) is 3. The van der Waals surface area contributed by atoms with Crippen LogP contribution < -0.4 is 4.57 Å². The van der Waals surface area contributed by atoms with Gasteiger partial charge in [0.2, 0.25) is 5.65 Å². The summed E-state index contributed by atoms with van der Waals surface area (Å²) in [6, 6.07) is 5.58. The maximum Gasteiger partial charge on any atom is 0.296 e. The molecule has 5 heterocycles. The van der Waals surface area contributed by atoms with Gasteiger partial charge >= 0.3 is 0 Å². The van der Waals surface area contributed by atoms with Crippen LogP contribution in [0.25, 0.3) is 28.5 Å². The van der Waals surface area contributed by atoms with Crippen LogP contribution in [0.15, 0.2) is 36.9 Å². The summed E-state index contributed by atoms with van der Waals surface area (Å²) < 4.78 is 28.9. The van der Waals surface area contributed by atoms with Gasteiger partial charge in [0.1, 0.15) is 5.69 Å². The van der Waals surface area contributed by atoms with E-state index in [-0.39, 0.29) is 0 Å². The second kappa shape index (κ2) is 3.22. The Balaban J connectivity index is 2.01. The first kappa shape index (κ1) is 7.74. The zero-order valence-corrected chi connectivity index (χ0v) is 10.4. The van der Waals surface area contributed by atoms with Gasteiger partial charge in [0.25, 0.3) is 17.1 Å². The first-order valence-electron chi connectivity index (χ1n) is 7.77. The van der Waals surface area contributed by atoms with Crippen molar-refractivity contribution in [3.8, 4) is 11.5 Å². The van der Waals surface area contributed by atoms with E-state index in [0.717, 1.165) is 5.56 Å². The molecule has 1 aliphatic heterocycles. The van der Waals surface area contributed by atoms with E-state index in [9.17, 15) is 0 Å². The second-order valence-electron chi connectivity index (χ2n) is 4.82. The van der Waals surface area contributed by atoms with Crippen LogP contribution in [0.1, 0.15) is 9.68 Å². The SMILES string of the molecule is [2H]C([2H])([2H])[n+]1c2n(c3nc4ccncn4c31)Cc1cccnc1-2. The number of pyridine rings is 1. The van der Waals surface area contributed by atoms with Gasteiger partial charge < -0.3 is 0 Å². The maximum absolute atomic E-state index is 7.99. The van der Waals surface area contributed by atoms with E-state index < -0.39 is 6.98 Å². The van der Waals surface area contributed by atoms with E-state index in [4.69, 9.17) is 4.11 Å². The quantitative estimate of drug-likeness (QED) is 0.392. The number of aromatic nitrogens is 6. The Hall–Kier alpha value is -2.76. The summed E-state index contributed by atoms with van der Waals surface area (Å²) in [6.07, 6.45) is 4.90. The molecule has 0 saturated carbocycles. The maximum atomic E-state index is 7.99. The summed E-state index contributed by atoms with van der Waals surface area (Å²) in [5, 5.41) is 0. The highest BCUT2D eigenvalue weighted by Gasteiger charge is 2.34. The lowest BCUT2D eigenvalue weighted by molar-refractivity contribution is -0.636. The molecule has 20 heavy (non-hydrogen) atoms. The average Bonchev–Trinajstić information content (AvgIpc) is 3.13. The fourth-order valence-corrected chi connectivity index (χ4v) is 2.91. The lowest BCUT2D eigenvalue weighted by Crippen LogP contribution is -2.30. The summed E-state index contributed by atoms with van der Waals surface area (Å²) in [5.74, 6) is 0.566. The highest BCUT2D eigenvalue weighted by molar-refractivity contribution is 5.76. The number of rotatable bonds is 0. The number of imidazole rings is 2. The van der Waals surface area contributed by atoms with Crippen molar-refractivity contribution in [2.45, 2.75) is 6.54 Å². The number of nitrogens with zero attached hydrogens (tertiary/aromatic N) is 6. The van der Waals surface area contributed by atoms with E-state index >= 15 is 0 Å². The minimum absolute atomic E-state index is 0.513. The average molecular weight is 266 g/mol. The van der Waals surface area contributed by atoms with Crippen molar-refractivity contribution < 1.29 is 8.68 Å². The molecule has 0 amide bonds. The molecular weight excluding hydrogens is 252 g/mol. The van der Waals surface area contributed by atoms with Crippen LogP contribution in [0.5, 0.6) is 0 Å². The van der Waals surface area contributed by atoms with Gasteiger partial charge in [-0.05, 0) is 6.07 Å². The lowest BCUT2D eigenvalue weighted by atomic mass is 10.2. The van der Waals surface area contributed by atoms with Gasteiger partial charge in [0, 0.05) is 24.0 Å². The third kappa shape index (κ3) is 1.01. The van der Waals surface area contributed by atoms with Crippen LogP contribution in [0.4, 0.5) is 0 Å². The topological polar surface area (TPSA) is 51.9 Å². The molecule has 0 spiro atoms. The van der Waals surface area contributed by atoms with Crippen molar-refractivity contribution in [2.24, 2.45) is 6.98 Å². The first-order chi connectivity index (χ1) is 11.1. The van der Waals surface area contributed by atoms with E-state index in [0.29, 0.717) is 35.0 Å². The molecule has 5 rings (SSSR count). The monoisotopic (exact) mass is 266 g/mol. The van der Waals surface area contributed by atoms with Gasteiger partial charge in [-0.2, -0.15) is 9.38 Å². The van der Waals surface area contributed by atoms with Gasteiger partial charge in [-0.1, -0.05) is 6.07 Å². The Morgan fingerprint density at radius 1 is 1.35 bits per heavy atom. The molecule has 0 aromatic carbocycles. The molecule has 0 unspecified atom stereocenters. The van der Waals surface area contributed by atoms with Crippen LogP contribution in [-0.2, 0) is 13.5 Å². The Labute approximate surface area is 118 Å². The molecule has 0 aliphatic carbocycles. The zero-order chi connectivity index (χ0) is 15.8. The zero-order valence-electron chi connectivity index (χ0n) is 13.4. The number of aryl methyl sites for hydroxylation is 1. The van der Waals surface area contributed by atoms with E-state index in [1.807, 2.05) is 16.7 Å². The minimum atomic E-state index is -2.34. The molecule has 4 aromatic rings. The smallest absolute Gasteiger partial charge is 0.249 e. The predicted octanol–water partition coefficient (Wildman–Crippen LogP) is 0.932. The standard InChI is InChI=1S/C14H11N6/c1-18-13-11-9(3-2-5-16-11)7-19(13)12-14(18)20-8-15-6-4-10(20)17-12/h2-6,8H,7H2,1H3/q+1/i1D3. The molecule has 0 bridgehead atoms.